The van der Waals surface area contributed by atoms with Crippen LogP contribution in [0, 0.1) is 11.3 Å². The molecule has 0 bridgehead atoms. The number of benzene rings is 1. The molecule has 0 saturated carbocycles. The average molecular weight is 591 g/mol. The SMILES string of the molecule is CCNC(=O)C(C#N)=c1sc(=CNc2cccc(NC(=O)CN3CCN(c4cccc(OC)c4)CC3)n2)c(=O)n1CC. The summed E-state index contributed by atoms with van der Waals surface area (Å²) in [7, 11) is 1.65. The van der Waals surface area contributed by atoms with Crippen molar-refractivity contribution < 1.29 is 14.3 Å². The van der Waals surface area contributed by atoms with E-state index in [2.05, 4.69) is 36.8 Å². The van der Waals surface area contributed by atoms with Crippen LogP contribution >= 0.6 is 11.3 Å². The molecule has 1 aromatic carbocycles. The van der Waals surface area contributed by atoms with Crippen LogP contribution in [0.3, 0.4) is 0 Å². The number of methoxy groups -OCH3 is 1. The Kier molecular flexibility index (Phi) is 10.3. The summed E-state index contributed by atoms with van der Waals surface area (Å²) in [5.74, 6) is 0.925. The zero-order valence-electron chi connectivity index (χ0n) is 23.8. The third-order valence-corrected chi connectivity index (χ3v) is 7.77. The van der Waals surface area contributed by atoms with Crippen LogP contribution in [0.15, 0.2) is 47.3 Å². The van der Waals surface area contributed by atoms with Gasteiger partial charge in [0.05, 0.1) is 13.7 Å². The molecule has 1 aliphatic heterocycles. The Labute approximate surface area is 247 Å². The minimum Gasteiger partial charge on any atom is -0.497 e. The highest BCUT2D eigenvalue weighted by molar-refractivity contribution is 7.07. The second-order valence-electron chi connectivity index (χ2n) is 9.38. The summed E-state index contributed by atoms with van der Waals surface area (Å²) >= 11 is 1.05. The van der Waals surface area contributed by atoms with Crippen LogP contribution in [-0.4, -0.2) is 72.6 Å². The standard InChI is InChI=1S/C29H34N8O4S/c1-4-31-27(39)22(17-30)29-37(5-2)28(40)23(42-29)18-32-24-10-7-11-25(33-24)34-26(38)19-35-12-14-36(15-13-35)20-8-6-9-21(16-20)41-3/h6-11,16,18H,4-5,12-15,19H2,1-3H3,(H,31,39)(H2,32,33,34,38). The smallest absolute Gasteiger partial charge is 0.270 e. The maximum Gasteiger partial charge on any atom is 0.270 e. The summed E-state index contributed by atoms with van der Waals surface area (Å²) in [6.07, 6.45) is 1.49. The number of amides is 2. The summed E-state index contributed by atoms with van der Waals surface area (Å²) in [5, 5.41) is 18.0. The van der Waals surface area contributed by atoms with Gasteiger partial charge in [-0.05, 0) is 38.1 Å². The third kappa shape index (κ3) is 7.34. The Balaban J connectivity index is 1.39. The number of piperazine rings is 1. The van der Waals surface area contributed by atoms with E-state index in [1.807, 2.05) is 24.3 Å². The van der Waals surface area contributed by atoms with Crippen molar-refractivity contribution >= 4 is 52.2 Å². The van der Waals surface area contributed by atoms with Gasteiger partial charge in [0.25, 0.3) is 11.5 Å². The summed E-state index contributed by atoms with van der Waals surface area (Å²) in [5.41, 5.74) is 0.671. The van der Waals surface area contributed by atoms with E-state index in [1.54, 1.807) is 39.2 Å². The van der Waals surface area contributed by atoms with Crippen molar-refractivity contribution in [3.8, 4) is 11.8 Å². The monoisotopic (exact) mass is 590 g/mol. The van der Waals surface area contributed by atoms with E-state index in [0.717, 1.165) is 49.0 Å². The van der Waals surface area contributed by atoms with Crippen LogP contribution in [0.25, 0.3) is 11.8 Å². The lowest BCUT2D eigenvalue weighted by Gasteiger charge is -2.35. The number of ether oxygens (including phenoxy) is 1. The number of hydrogen-bond donors (Lipinski definition) is 3. The molecular formula is C29H34N8O4S. The lowest BCUT2D eigenvalue weighted by Crippen LogP contribution is -2.48. The summed E-state index contributed by atoms with van der Waals surface area (Å²) < 4.78 is 7.33. The van der Waals surface area contributed by atoms with Crippen molar-refractivity contribution in [3.63, 3.8) is 0 Å². The predicted octanol–water partition coefficient (Wildman–Crippen LogP) is 0.754. The Bertz CT molecular complexity index is 1650. The van der Waals surface area contributed by atoms with Gasteiger partial charge in [0.1, 0.15) is 32.6 Å². The van der Waals surface area contributed by atoms with Crippen LogP contribution in [-0.2, 0) is 16.1 Å². The van der Waals surface area contributed by atoms with E-state index in [0.29, 0.717) is 33.9 Å². The van der Waals surface area contributed by atoms with Gasteiger partial charge in [-0.25, -0.2) is 4.98 Å². The molecule has 1 saturated heterocycles. The average Bonchev–Trinajstić information content (AvgIpc) is 3.31. The van der Waals surface area contributed by atoms with Crippen LogP contribution in [0.4, 0.5) is 17.3 Å². The molecule has 2 amide bonds. The minimum absolute atomic E-state index is 0.106. The van der Waals surface area contributed by atoms with E-state index in [-0.39, 0.29) is 23.6 Å². The summed E-state index contributed by atoms with van der Waals surface area (Å²) in [4.78, 5) is 46.8. The van der Waals surface area contributed by atoms with Gasteiger partial charge in [0.2, 0.25) is 5.91 Å². The fraction of sp³-hybridized carbons (Fsp3) is 0.345. The third-order valence-electron chi connectivity index (χ3n) is 6.64. The molecule has 0 radical (unpaired) electrons. The van der Waals surface area contributed by atoms with Gasteiger partial charge in [-0.2, -0.15) is 5.26 Å². The topological polar surface area (TPSA) is 145 Å². The molecule has 3 heterocycles. The van der Waals surface area contributed by atoms with Crippen molar-refractivity contribution in [2.45, 2.75) is 20.4 Å². The van der Waals surface area contributed by atoms with Crippen molar-refractivity contribution in [2.24, 2.45) is 0 Å². The van der Waals surface area contributed by atoms with Crippen molar-refractivity contribution in [3.05, 3.63) is 62.0 Å². The van der Waals surface area contributed by atoms with Crippen molar-refractivity contribution in [1.82, 2.24) is 19.8 Å². The number of carbonyl (C=O) groups is 2. The molecule has 4 rings (SSSR count). The molecule has 1 fully saturated rings. The fourth-order valence-electron chi connectivity index (χ4n) is 4.52. The molecule has 2 aromatic heterocycles. The van der Waals surface area contributed by atoms with Crippen LogP contribution in [0.1, 0.15) is 13.8 Å². The molecule has 42 heavy (non-hydrogen) atoms. The quantitative estimate of drug-likeness (QED) is 0.312. The van der Waals surface area contributed by atoms with Gasteiger partial charge in [-0.15, -0.1) is 11.3 Å². The number of pyridine rings is 1. The van der Waals surface area contributed by atoms with E-state index in [9.17, 15) is 19.6 Å². The Morgan fingerprint density at radius 1 is 1.12 bits per heavy atom. The van der Waals surface area contributed by atoms with Crippen LogP contribution in [0.5, 0.6) is 5.75 Å². The molecule has 0 aliphatic carbocycles. The van der Waals surface area contributed by atoms with E-state index >= 15 is 0 Å². The number of anilines is 3. The highest BCUT2D eigenvalue weighted by Gasteiger charge is 2.20. The molecule has 3 aromatic rings. The van der Waals surface area contributed by atoms with Crippen molar-refractivity contribution in [1.29, 1.82) is 5.26 Å². The largest absolute Gasteiger partial charge is 0.497 e. The molecule has 3 N–H and O–H groups in total. The highest BCUT2D eigenvalue weighted by atomic mass is 32.1. The first-order valence-electron chi connectivity index (χ1n) is 13.6. The number of hydrogen-bond acceptors (Lipinski definition) is 10. The molecular weight excluding hydrogens is 556 g/mol. The van der Waals surface area contributed by atoms with E-state index in [1.165, 1.54) is 10.8 Å². The number of thiazole rings is 1. The molecule has 0 unspecified atom stereocenters. The molecule has 13 heteroatoms. The van der Waals surface area contributed by atoms with Gasteiger partial charge < -0.3 is 25.6 Å². The zero-order chi connectivity index (χ0) is 30.1. The van der Waals surface area contributed by atoms with Gasteiger partial charge in [0.15, 0.2) is 5.57 Å². The molecule has 12 nitrogen and oxygen atoms in total. The second kappa shape index (κ2) is 14.3. The van der Waals surface area contributed by atoms with Gasteiger partial charge >= 0.3 is 0 Å². The minimum atomic E-state index is -0.521. The lowest BCUT2D eigenvalue weighted by atomic mass is 10.2. The van der Waals surface area contributed by atoms with Crippen molar-refractivity contribution in [2.75, 3.05) is 61.9 Å². The van der Waals surface area contributed by atoms with Gasteiger partial charge in [-0.1, -0.05) is 12.1 Å². The molecule has 0 atom stereocenters. The first-order chi connectivity index (χ1) is 20.4. The highest BCUT2D eigenvalue weighted by Crippen LogP contribution is 2.22. The Morgan fingerprint density at radius 2 is 1.86 bits per heavy atom. The molecule has 1 aliphatic rings. The second-order valence-corrected chi connectivity index (χ2v) is 10.4. The number of rotatable bonds is 10. The van der Waals surface area contributed by atoms with Gasteiger partial charge in [0, 0.05) is 57.2 Å². The first-order valence-corrected chi connectivity index (χ1v) is 14.5. The summed E-state index contributed by atoms with van der Waals surface area (Å²) in [6.45, 7) is 7.54. The fourth-order valence-corrected chi connectivity index (χ4v) is 5.60. The lowest BCUT2D eigenvalue weighted by molar-refractivity contribution is -0.117. The maximum atomic E-state index is 12.9. The molecule has 220 valence electrons. The normalized spacial score (nSPS) is 14.6. The predicted molar refractivity (Wildman–Crippen MR) is 164 cm³/mol. The van der Waals surface area contributed by atoms with E-state index < -0.39 is 5.91 Å². The number of nitrogens with zero attached hydrogens (tertiary/aromatic N) is 5. The van der Waals surface area contributed by atoms with E-state index in [4.69, 9.17) is 4.74 Å². The van der Waals surface area contributed by atoms with Crippen LogP contribution in [0.2, 0.25) is 0 Å². The number of aromatic nitrogens is 2. The zero-order valence-corrected chi connectivity index (χ0v) is 24.7. The maximum absolute atomic E-state index is 12.9. The Hall–Kier alpha value is -4.67. The number of nitrogens with one attached hydrogen (secondary N) is 3. The first kappa shape index (κ1) is 30.3. The van der Waals surface area contributed by atoms with Crippen LogP contribution < -0.4 is 40.3 Å². The van der Waals surface area contributed by atoms with Gasteiger partial charge in [-0.3, -0.25) is 23.9 Å². The molecule has 0 spiro atoms. The number of nitriles is 1. The number of carbonyl (C=O) groups excluding carboxylic acids is 2. The Morgan fingerprint density at radius 3 is 2.55 bits per heavy atom. The summed E-state index contributed by atoms with van der Waals surface area (Å²) in [6, 6.07) is 15.0.